The van der Waals surface area contributed by atoms with E-state index in [-0.39, 0.29) is 5.56 Å². The van der Waals surface area contributed by atoms with E-state index < -0.39 is 17.9 Å². The van der Waals surface area contributed by atoms with Crippen molar-refractivity contribution in [1.29, 1.82) is 0 Å². The van der Waals surface area contributed by atoms with Gasteiger partial charge in [0, 0.05) is 6.20 Å². The highest BCUT2D eigenvalue weighted by Gasteiger charge is 2.17. The summed E-state index contributed by atoms with van der Waals surface area (Å²) in [5.74, 6) is -1.30. The van der Waals surface area contributed by atoms with Crippen LogP contribution in [0.15, 0.2) is 18.5 Å². The Hall–Kier alpha value is -2.11. The van der Waals surface area contributed by atoms with E-state index in [1.54, 1.807) is 0 Å². The maximum Gasteiger partial charge on any atom is 0.325 e. The molecular weight excluding hydrogens is 212 g/mol. The van der Waals surface area contributed by atoms with Crippen LogP contribution in [0.4, 0.5) is 0 Å². The van der Waals surface area contributed by atoms with Crippen LogP contribution in [-0.4, -0.2) is 35.1 Å². The number of carboxylic acids is 1. The maximum absolute atomic E-state index is 11.7. The van der Waals surface area contributed by atoms with Gasteiger partial charge < -0.3 is 15.2 Å². The normalized spacial score (nSPS) is 11.6. The van der Waals surface area contributed by atoms with E-state index >= 15 is 0 Å². The van der Waals surface area contributed by atoms with Gasteiger partial charge in [-0.2, -0.15) is 0 Å². The molecule has 1 heterocycles. The summed E-state index contributed by atoms with van der Waals surface area (Å²) in [6.45, 7) is 1.38. The second kappa shape index (κ2) is 5.11. The van der Waals surface area contributed by atoms with Crippen molar-refractivity contribution < 1.29 is 19.4 Å². The Morgan fingerprint density at radius 1 is 1.56 bits per heavy atom. The van der Waals surface area contributed by atoms with Crippen LogP contribution in [0.5, 0.6) is 5.75 Å². The first-order valence-corrected chi connectivity index (χ1v) is 4.58. The smallest absolute Gasteiger partial charge is 0.325 e. The third-order valence-electron chi connectivity index (χ3n) is 1.97. The fourth-order valence-corrected chi connectivity index (χ4v) is 1.07. The minimum atomic E-state index is -1.10. The molecule has 1 rings (SSSR count). The lowest BCUT2D eigenvalue weighted by atomic mass is 10.2. The van der Waals surface area contributed by atoms with E-state index in [2.05, 4.69) is 10.3 Å². The summed E-state index contributed by atoms with van der Waals surface area (Å²) >= 11 is 0. The highest BCUT2D eigenvalue weighted by atomic mass is 16.5. The highest BCUT2D eigenvalue weighted by molar-refractivity contribution is 5.98. The van der Waals surface area contributed by atoms with Gasteiger partial charge in [-0.3, -0.25) is 14.6 Å². The van der Waals surface area contributed by atoms with Crippen molar-refractivity contribution in [1.82, 2.24) is 10.3 Å². The van der Waals surface area contributed by atoms with Gasteiger partial charge >= 0.3 is 5.97 Å². The van der Waals surface area contributed by atoms with Crippen LogP contribution in [0.3, 0.4) is 0 Å². The topological polar surface area (TPSA) is 88.5 Å². The van der Waals surface area contributed by atoms with Crippen LogP contribution in [-0.2, 0) is 4.79 Å². The molecule has 86 valence electrons. The molecule has 16 heavy (non-hydrogen) atoms. The molecule has 0 saturated heterocycles. The van der Waals surface area contributed by atoms with Gasteiger partial charge in [0.1, 0.15) is 11.8 Å². The Labute approximate surface area is 92.3 Å². The van der Waals surface area contributed by atoms with E-state index in [9.17, 15) is 9.59 Å². The zero-order valence-corrected chi connectivity index (χ0v) is 8.93. The number of amides is 1. The fraction of sp³-hybridized carbons (Fsp3) is 0.300. The standard InChI is InChI=1S/C10H12N2O4/c1-6(10(14)15)12-9(13)7-3-4-11-5-8(7)16-2/h3-6H,1-2H3,(H,12,13)(H,14,15)/t6-/m1/s1. The zero-order chi connectivity index (χ0) is 12.1. The number of hydrogen-bond donors (Lipinski definition) is 2. The number of rotatable bonds is 4. The van der Waals surface area contributed by atoms with Gasteiger partial charge in [-0.05, 0) is 13.0 Å². The number of ether oxygens (including phenoxy) is 1. The first-order chi connectivity index (χ1) is 7.56. The molecule has 0 aliphatic rings. The molecule has 0 bridgehead atoms. The van der Waals surface area contributed by atoms with Crippen molar-refractivity contribution in [3.05, 3.63) is 24.0 Å². The molecule has 0 spiro atoms. The predicted octanol–water partition coefficient (Wildman–Crippen LogP) is 0.293. The SMILES string of the molecule is COc1cnccc1C(=O)N[C@H](C)C(=O)O. The van der Waals surface area contributed by atoms with E-state index in [1.165, 1.54) is 32.5 Å². The lowest BCUT2D eigenvalue weighted by Crippen LogP contribution is -2.38. The summed E-state index contributed by atoms with van der Waals surface area (Å²) in [6, 6.07) is 0.508. The lowest BCUT2D eigenvalue weighted by molar-refractivity contribution is -0.138. The Kier molecular flexibility index (Phi) is 3.82. The molecule has 0 unspecified atom stereocenters. The summed E-state index contributed by atoms with van der Waals surface area (Å²) in [7, 11) is 1.41. The first-order valence-electron chi connectivity index (χ1n) is 4.58. The first kappa shape index (κ1) is 12.0. The number of aromatic nitrogens is 1. The zero-order valence-electron chi connectivity index (χ0n) is 8.93. The van der Waals surface area contributed by atoms with Crippen molar-refractivity contribution in [2.45, 2.75) is 13.0 Å². The molecule has 6 nitrogen and oxygen atoms in total. The average Bonchev–Trinajstić information content (AvgIpc) is 2.28. The molecule has 1 amide bonds. The number of carbonyl (C=O) groups excluding carboxylic acids is 1. The molecule has 0 aromatic carbocycles. The molecule has 1 aromatic heterocycles. The van der Waals surface area contributed by atoms with Gasteiger partial charge in [-0.15, -0.1) is 0 Å². The van der Waals surface area contributed by atoms with E-state index in [0.29, 0.717) is 5.75 Å². The van der Waals surface area contributed by atoms with Crippen molar-refractivity contribution in [3.8, 4) is 5.75 Å². The number of nitrogens with one attached hydrogen (secondary N) is 1. The van der Waals surface area contributed by atoms with Gasteiger partial charge in [-0.1, -0.05) is 0 Å². The summed E-state index contributed by atoms with van der Waals surface area (Å²) in [4.78, 5) is 26.0. The highest BCUT2D eigenvalue weighted by Crippen LogP contribution is 2.15. The summed E-state index contributed by atoms with van der Waals surface area (Å²) in [5.41, 5.74) is 0.255. The Morgan fingerprint density at radius 3 is 2.81 bits per heavy atom. The molecule has 1 atom stereocenters. The van der Waals surface area contributed by atoms with E-state index in [1.807, 2.05) is 0 Å². The molecule has 2 N–H and O–H groups in total. The van der Waals surface area contributed by atoms with Crippen molar-refractivity contribution in [2.75, 3.05) is 7.11 Å². The number of methoxy groups -OCH3 is 1. The third-order valence-corrected chi connectivity index (χ3v) is 1.97. The predicted molar refractivity (Wildman–Crippen MR) is 55.4 cm³/mol. The molecular formula is C10H12N2O4. The van der Waals surface area contributed by atoms with Gasteiger partial charge in [0.05, 0.1) is 18.9 Å². The number of carbonyl (C=O) groups is 2. The maximum atomic E-state index is 11.7. The monoisotopic (exact) mass is 224 g/mol. The number of nitrogens with zero attached hydrogens (tertiary/aromatic N) is 1. The largest absolute Gasteiger partial charge is 0.494 e. The van der Waals surface area contributed by atoms with Crippen molar-refractivity contribution >= 4 is 11.9 Å². The number of carboxylic acid groups (broad SMARTS) is 1. The fourth-order valence-electron chi connectivity index (χ4n) is 1.07. The Bertz CT molecular complexity index is 406. The van der Waals surface area contributed by atoms with Crippen LogP contribution in [0.25, 0.3) is 0 Å². The summed E-state index contributed by atoms with van der Waals surface area (Å²) in [6.07, 6.45) is 2.82. The molecule has 1 aromatic rings. The molecule has 0 radical (unpaired) electrons. The molecule has 0 aliphatic heterocycles. The minimum absolute atomic E-state index is 0.255. The van der Waals surface area contributed by atoms with Crippen LogP contribution < -0.4 is 10.1 Å². The van der Waals surface area contributed by atoms with Crippen molar-refractivity contribution in [2.24, 2.45) is 0 Å². The van der Waals surface area contributed by atoms with Crippen molar-refractivity contribution in [3.63, 3.8) is 0 Å². The molecule has 0 fully saturated rings. The lowest BCUT2D eigenvalue weighted by Gasteiger charge is -2.11. The second-order valence-corrected chi connectivity index (χ2v) is 3.11. The van der Waals surface area contributed by atoms with Gasteiger partial charge in [0.25, 0.3) is 5.91 Å². The van der Waals surface area contributed by atoms with E-state index in [0.717, 1.165) is 0 Å². The minimum Gasteiger partial charge on any atom is -0.494 e. The Morgan fingerprint density at radius 2 is 2.25 bits per heavy atom. The number of pyridine rings is 1. The van der Waals surface area contributed by atoms with E-state index in [4.69, 9.17) is 9.84 Å². The van der Waals surface area contributed by atoms with Crippen LogP contribution in [0, 0.1) is 0 Å². The summed E-state index contributed by atoms with van der Waals surface area (Å²) in [5, 5.41) is 11.0. The third kappa shape index (κ3) is 2.69. The Balaban J connectivity index is 2.84. The number of aliphatic carboxylic acids is 1. The summed E-state index contributed by atoms with van der Waals surface area (Å²) < 4.78 is 4.94. The van der Waals surface area contributed by atoms with Crippen LogP contribution >= 0.6 is 0 Å². The van der Waals surface area contributed by atoms with Gasteiger partial charge in [0.15, 0.2) is 0 Å². The average molecular weight is 224 g/mol. The number of hydrogen-bond acceptors (Lipinski definition) is 4. The molecule has 0 aliphatic carbocycles. The van der Waals surface area contributed by atoms with Gasteiger partial charge in [0.2, 0.25) is 0 Å². The molecule has 0 saturated carbocycles. The van der Waals surface area contributed by atoms with Crippen LogP contribution in [0.1, 0.15) is 17.3 Å². The quantitative estimate of drug-likeness (QED) is 0.767. The van der Waals surface area contributed by atoms with Gasteiger partial charge in [-0.25, -0.2) is 0 Å². The van der Waals surface area contributed by atoms with Crippen LogP contribution in [0.2, 0.25) is 0 Å². The molecule has 6 heteroatoms. The second-order valence-electron chi connectivity index (χ2n) is 3.11.